The van der Waals surface area contributed by atoms with E-state index in [-0.39, 0.29) is 28.7 Å². The third kappa shape index (κ3) is 3.08. The minimum Gasteiger partial charge on any atom is -0.545 e. The van der Waals surface area contributed by atoms with Gasteiger partial charge in [-0.15, -0.1) is 0 Å². The molecule has 1 aromatic carbocycles. The molecule has 2 rings (SSSR count). The number of carboxylic acid groups (broad SMARTS) is 1. The number of nitrogens with zero attached hydrogens (tertiary/aromatic N) is 1. The first-order valence-corrected chi connectivity index (χ1v) is 7.44. The average molecular weight is 328 g/mol. The van der Waals surface area contributed by atoms with Crippen LogP contribution >= 0.6 is 0 Å². The Bertz CT molecular complexity index is 756. The molecule has 0 bridgehead atoms. The number of benzene rings is 1. The molecule has 0 fully saturated rings. The van der Waals surface area contributed by atoms with Gasteiger partial charge in [0.15, 0.2) is 0 Å². The first kappa shape index (κ1) is 17.5. The minimum absolute atomic E-state index is 0.0404. The van der Waals surface area contributed by atoms with Crippen molar-refractivity contribution in [2.24, 2.45) is 0 Å². The normalized spacial score (nSPS) is 16.3. The van der Waals surface area contributed by atoms with Crippen LogP contribution in [0.15, 0.2) is 41.1 Å². The molecule has 0 saturated heterocycles. The van der Waals surface area contributed by atoms with Crippen LogP contribution in [-0.4, -0.2) is 35.9 Å². The zero-order chi connectivity index (χ0) is 18.0. The van der Waals surface area contributed by atoms with Crippen LogP contribution in [0, 0.1) is 0 Å². The van der Waals surface area contributed by atoms with Gasteiger partial charge in [-0.2, -0.15) is 0 Å². The molecule has 0 radical (unpaired) electrons. The second kappa shape index (κ2) is 6.70. The van der Waals surface area contributed by atoms with Crippen LogP contribution in [0.3, 0.4) is 0 Å². The summed E-state index contributed by atoms with van der Waals surface area (Å²) in [7, 11) is 1.26. The molecule has 6 nitrogen and oxygen atoms in total. The van der Waals surface area contributed by atoms with E-state index in [1.807, 2.05) is 13.8 Å². The summed E-state index contributed by atoms with van der Waals surface area (Å²) < 4.78 is 4.80. The summed E-state index contributed by atoms with van der Waals surface area (Å²) >= 11 is 0. The van der Waals surface area contributed by atoms with E-state index in [1.54, 1.807) is 25.1 Å². The lowest BCUT2D eigenvalue weighted by atomic mass is 10.0. The van der Waals surface area contributed by atoms with Crippen LogP contribution in [-0.2, 0) is 14.3 Å². The van der Waals surface area contributed by atoms with E-state index in [9.17, 15) is 19.5 Å². The molecule has 1 aromatic rings. The summed E-state index contributed by atoms with van der Waals surface area (Å²) in [6.45, 7) is 5.41. The highest BCUT2D eigenvalue weighted by molar-refractivity contribution is 6.16. The zero-order valence-corrected chi connectivity index (χ0v) is 14.0. The Labute approximate surface area is 140 Å². The van der Waals surface area contributed by atoms with Gasteiger partial charge >= 0.3 is 5.97 Å². The predicted molar refractivity (Wildman–Crippen MR) is 85.4 cm³/mol. The number of aromatic carboxylic acids is 1. The topological polar surface area (TPSA) is 86.7 Å². The average Bonchev–Trinajstić information content (AvgIpc) is 2.77. The maximum Gasteiger partial charge on any atom is 0.340 e. The van der Waals surface area contributed by atoms with E-state index >= 15 is 0 Å². The summed E-state index contributed by atoms with van der Waals surface area (Å²) in [5, 5.41) is 10.8. The molecule has 0 spiro atoms. The number of carbonyl (C=O) groups is 3. The molecule has 0 unspecified atom stereocenters. The summed E-state index contributed by atoms with van der Waals surface area (Å²) in [5.74, 6) is -2.14. The number of hydrogen-bond acceptors (Lipinski definition) is 5. The Morgan fingerprint density at radius 2 is 1.79 bits per heavy atom. The predicted octanol–water partition coefficient (Wildman–Crippen LogP) is 1.13. The van der Waals surface area contributed by atoms with Gasteiger partial charge in [-0.05, 0) is 38.0 Å². The van der Waals surface area contributed by atoms with Gasteiger partial charge in [-0.25, -0.2) is 4.79 Å². The standard InChI is InChI=1S/C18H19NO5/c1-10(2)19-11(3)15(18(23)24-4)14(16(19)20)9-12-5-7-13(8-6-12)17(21)22/h5-10H,1-4H3,(H,21,22)/p-1/b14-9-. The molecule has 1 amide bonds. The molecule has 1 aliphatic rings. The first-order valence-electron chi connectivity index (χ1n) is 7.44. The van der Waals surface area contributed by atoms with Gasteiger partial charge in [-0.1, -0.05) is 24.3 Å². The lowest BCUT2D eigenvalue weighted by Crippen LogP contribution is -2.31. The Kier molecular flexibility index (Phi) is 4.87. The maximum atomic E-state index is 12.7. The SMILES string of the molecule is COC(=O)C1=C(C)N(C(C)C)C(=O)/C1=C\c1ccc(C(=O)[O-])cc1. The molecule has 24 heavy (non-hydrogen) atoms. The molecule has 126 valence electrons. The van der Waals surface area contributed by atoms with Crippen molar-refractivity contribution in [2.75, 3.05) is 7.11 Å². The molecular formula is C18H18NO5-. The van der Waals surface area contributed by atoms with E-state index in [0.29, 0.717) is 11.3 Å². The number of hydrogen-bond donors (Lipinski definition) is 0. The van der Waals surface area contributed by atoms with Gasteiger partial charge in [-0.3, -0.25) is 4.79 Å². The van der Waals surface area contributed by atoms with Crippen LogP contribution in [0.2, 0.25) is 0 Å². The van der Waals surface area contributed by atoms with Crippen LogP contribution in [0.4, 0.5) is 0 Å². The van der Waals surface area contributed by atoms with Crippen LogP contribution in [0.1, 0.15) is 36.7 Å². The first-order chi connectivity index (χ1) is 11.3. The van der Waals surface area contributed by atoms with Crippen molar-refractivity contribution in [2.45, 2.75) is 26.8 Å². The van der Waals surface area contributed by atoms with E-state index < -0.39 is 11.9 Å². The summed E-state index contributed by atoms with van der Waals surface area (Å²) in [6, 6.07) is 5.76. The number of allylic oxidation sites excluding steroid dienone is 1. The Morgan fingerprint density at radius 3 is 2.25 bits per heavy atom. The van der Waals surface area contributed by atoms with Crippen LogP contribution < -0.4 is 5.11 Å². The highest BCUT2D eigenvalue weighted by atomic mass is 16.5. The number of ether oxygens (including phenoxy) is 1. The third-order valence-electron chi connectivity index (χ3n) is 3.81. The van der Waals surface area contributed by atoms with Crippen molar-refractivity contribution in [1.82, 2.24) is 4.90 Å². The van der Waals surface area contributed by atoms with Gasteiger partial charge in [0.05, 0.1) is 24.2 Å². The Balaban J connectivity index is 2.51. The number of amides is 1. The van der Waals surface area contributed by atoms with Crippen molar-refractivity contribution in [1.29, 1.82) is 0 Å². The van der Waals surface area contributed by atoms with Crippen molar-refractivity contribution in [3.8, 4) is 0 Å². The Morgan fingerprint density at radius 1 is 1.21 bits per heavy atom. The molecule has 0 aromatic heterocycles. The van der Waals surface area contributed by atoms with Crippen LogP contribution in [0.5, 0.6) is 0 Å². The summed E-state index contributed by atoms with van der Waals surface area (Å²) in [6.07, 6.45) is 1.56. The van der Waals surface area contributed by atoms with Crippen molar-refractivity contribution in [3.63, 3.8) is 0 Å². The molecular weight excluding hydrogens is 310 g/mol. The third-order valence-corrected chi connectivity index (χ3v) is 3.81. The van der Waals surface area contributed by atoms with Gasteiger partial charge < -0.3 is 19.5 Å². The summed E-state index contributed by atoms with van der Waals surface area (Å²) in [4.78, 5) is 37.1. The van der Waals surface area contributed by atoms with E-state index in [0.717, 1.165) is 0 Å². The fourth-order valence-electron chi connectivity index (χ4n) is 2.70. The fraction of sp³-hybridized carbons (Fsp3) is 0.278. The van der Waals surface area contributed by atoms with Crippen molar-refractivity contribution in [3.05, 3.63) is 52.2 Å². The second-order valence-corrected chi connectivity index (χ2v) is 5.69. The Hall–Kier alpha value is -2.89. The molecule has 0 saturated carbocycles. The lowest BCUT2D eigenvalue weighted by molar-refractivity contribution is -0.255. The quantitative estimate of drug-likeness (QED) is 0.611. The van der Waals surface area contributed by atoms with E-state index in [4.69, 9.17) is 4.74 Å². The largest absolute Gasteiger partial charge is 0.545 e. The number of carbonyl (C=O) groups excluding carboxylic acids is 3. The lowest BCUT2D eigenvalue weighted by Gasteiger charge is -2.22. The number of rotatable bonds is 4. The second-order valence-electron chi connectivity index (χ2n) is 5.69. The number of carboxylic acids is 1. The van der Waals surface area contributed by atoms with Crippen molar-refractivity contribution < 1.29 is 24.2 Å². The van der Waals surface area contributed by atoms with Gasteiger partial charge in [0, 0.05) is 11.7 Å². The van der Waals surface area contributed by atoms with E-state index in [2.05, 4.69) is 0 Å². The fourth-order valence-corrected chi connectivity index (χ4v) is 2.70. The van der Waals surface area contributed by atoms with Gasteiger partial charge in [0.25, 0.3) is 5.91 Å². The number of esters is 1. The monoisotopic (exact) mass is 328 g/mol. The molecule has 1 heterocycles. The van der Waals surface area contributed by atoms with E-state index in [1.165, 1.54) is 24.1 Å². The maximum absolute atomic E-state index is 12.7. The highest BCUT2D eigenvalue weighted by Crippen LogP contribution is 2.32. The molecule has 1 aliphatic heterocycles. The summed E-state index contributed by atoms with van der Waals surface area (Å²) in [5.41, 5.74) is 1.63. The smallest absolute Gasteiger partial charge is 0.340 e. The van der Waals surface area contributed by atoms with Gasteiger partial charge in [0.2, 0.25) is 0 Å². The number of methoxy groups -OCH3 is 1. The van der Waals surface area contributed by atoms with Crippen LogP contribution in [0.25, 0.3) is 6.08 Å². The van der Waals surface area contributed by atoms with Gasteiger partial charge in [0.1, 0.15) is 0 Å². The highest BCUT2D eigenvalue weighted by Gasteiger charge is 2.38. The molecule has 0 aliphatic carbocycles. The molecule has 0 N–H and O–H groups in total. The van der Waals surface area contributed by atoms with Crippen molar-refractivity contribution >= 4 is 23.9 Å². The molecule has 0 atom stereocenters. The molecule has 6 heteroatoms. The zero-order valence-electron chi connectivity index (χ0n) is 14.0. The minimum atomic E-state index is -1.27.